The Hall–Kier alpha value is -1.36. The molecule has 2 unspecified atom stereocenters. The standard InChI is InChI=1S/C12H20N4O/c1-8-4-5-13-10(6-8)12(17)14-11-7-9(2)16(3)15-11/h7-8,10,13H,4-6H2,1-3H3,(H,14,15,17). The number of carbonyl (C=O) groups excluding carboxylic acids is 1. The summed E-state index contributed by atoms with van der Waals surface area (Å²) in [5.74, 6) is 1.27. The molecule has 0 saturated carbocycles. The molecule has 1 amide bonds. The normalized spacial score (nSPS) is 24.6. The van der Waals surface area contributed by atoms with Gasteiger partial charge >= 0.3 is 0 Å². The summed E-state index contributed by atoms with van der Waals surface area (Å²) in [5.41, 5.74) is 1.03. The maximum absolute atomic E-state index is 12.0. The molecule has 5 heteroatoms. The third-order valence-corrected chi connectivity index (χ3v) is 3.35. The maximum atomic E-state index is 12.0. The second kappa shape index (κ2) is 4.87. The van der Waals surface area contributed by atoms with Crippen molar-refractivity contribution < 1.29 is 4.79 Å². The molecule has 2 N–H and O–H groups in total. The van der Waals surface area contributed by atoms with Crippen molar-refractivity contribution in [1.29, 1.82) is 0 Å². The molecule has 1 aliphatic rings. The molecule has 94 valence electrons. The molecule has 5 nitrogen and oxygen atoms in total. The van der Waals surface area contributed by atoms with Crippen LogP contribution in [0.5, 0.6) is 0 Å². The van der Waals surface area contributed by atoms with E-state index in [4.69, 9.17) is 0 Å². The number of nitrogens with one attached hydrogen (secondary N) is 2. The van der Waals surface area contributed by atoms with Gasteiger partial charge < -0.3 is 10.6 Å². The van der Waals surface area contributed by atoms with E-state index in [9.17, 15) is 4.79 Å². The smallest absolute Gasteiger partial charge is 0.242 e. The summed E-state index contributed by atoms with van der Waals surface area (Å²) in [6, 6.07) is 1.80. The van der Waals surface area contributed by atoms with E-state index in [0.29, 0.717) is 11.7 Å². The zero-order valence-corrected chi connectivity index (χ0v) is 10.7. The number of aromatic nitrogens is 2. The van der Waals surface area contributed by atoms with Crippen molar-refractivity contribution >= 4 is 11.7 Å². The molecule has 0 aliphatic carbocycles. The Balaban J connectivity index is 1.96. The average molecular weight is 236 g/mol. The van der Waals surface area contributed by atoms with E-state index < -0.39 is 0 Å². The lowest BCUT2D eigenvalue weighted by atomic mass is 9.94. The number of piperidine rings is 1. The van der Waals surface area contributed by atoms with Gasteiger partial charge in [-0.05, 0) is 32.2 Å². The lowest BCUT2D eigenvalue weighted by molar-refractivity contribution is -0.119. The maximum Gasteiger partial charge on any atom is 0.242 e. The van der Waals surface area contributed by atoms with Gasteiger partial charge in [0, 0.05) is 18.8 Å². The van der Waals surface area contributed by atoms with E-state index in [1.807, 2.05) is 20.0 Å². The van der Waals surface area contributed by atoms with Crippen LogP contribution in [-0.2, 0) is 11.8 Å². The number of rotatable bonds is 2. The van der Waals surface area contributed by atoms with E-state index >= 15 is 0 Å². The third kappa shape index (κ3) is 2.85. The van der Waals surface area contributed by atoms with Gasteiger partial charge in [0.25, 0.3) is 0 Å². The number of carbonyl (C=O) groups is 1. The first-order valence-electron chi connectivity index (χ1n) is 6.11. The van der Waals surface area contributed by atoms with Crippen LogP contribution in [0.4, 0.5) is 5.82 Å². The van der Waals surface area contributed by atoms with Gasteiger partial charge in [-0.25, -0.2) is 0 Å². The SMILES string of the molecule is Cc1cc(NC(=O)C2CC(C)CCN2)nn1C. The number of aryl methyl sites for hydroxylation is 2. The first-order chi connectivity index (χ1) is 8.06. The minimum Gasteiger partial charge on any atom is -0.308 e. The highest BCUT2D eigenvalue weighted by molar-refractivity contribution is 5.94. The Morgan fingerprint density at radius 3 is 3.00 bits per heavy atom. The van der Waals surface area contributed by atoms with Gasteiger partial charge in [-0.15, -0.1) is 0 Å². The molecular formula is C12H20N4O. The van der Waals surface area contributed by atoms with E-state index in [2.05, 4.69) is 22.7 Å². The minimum atomic E-state index is -0.0823. The van der Waals surface area contributed by atoms with E-state index in [1.165, 1.54) is 0 Å². The molecule has 2 rings (SSSR count). The van der Waals surface area contributed by atoms with Crippen LogP contribution >= 0.6 is 0 Å². The fourth-order valence-corrected chi connectivity index (χ4v) is 2.14. The largest absolute Gasteiger partial charge is 0.308 e. The summed E-state index contributed by atoms with van der Waals surface area (Å²) in [7, 11) is 1.87. The van der Waals surface area contributed by atoms with Crippen molar-refractivity contribution in [3.8, 4) is 0 Å². The number of anilines is 1. The molecular weight excluding hydrogens is 216 g/mol. The topological polar surface area (TPSA) is 59.0 Å². The molecule has 2 atom stereocenters. The summed E-state index contributed by atoms with van der Waals surface area (Å²) in [4.78, 5) is 12.0. The van der Waals surface area contributed by atoms with E-state index in [0.717, 1.165) is 25.1 Å². The molecule has 0 spiro atoms. The highest BCUT2D eigenvalue weighted by Crippen LogP contribution is 2.16. The van der Waals surface area contributed by atoms with Gasteiger partial charge in [0.05, 0.1) is 6.04 Å². The van der Waals surface area contributed by atoms with Crippen LogP contribution in [0.15, 0.2) is 6.07 Å². The van der Waals surface area contributed by atoms with Gasteiger partial charge in [-0.2, -0.15) is 5.10 Å². The van der Waals surface area contributed by atoms with Crippen molar-refractivity contribution in [1.82, 2.24) is 15.1 Å². The minimum absolute atomic E-state index is 0.0228. The average Bonchev–Trinajstić information content (AvgIpc) is 2.58. The molecule has 2 heterocycles. The molecule has 0 bridgehead atoms. The highest BCUT2D eigenvalue weighted by Gasteiger charge is 2.24. The third-order valence-electron chi connectivity index (χ3n) is 3.35. The number of nitrogens with zero attached hydrogens (tertiary/aromatic N) is 2. The highest BCUT2D eigenvalue weighted by atomic mass is 16.2. The molecule has 0 radical (unpaired) electrons. The fourth-order valence-electron chi connectivity index (χ4n) is 2.14. The van der Waals surface area contributed by atoms with Crippen molar-refractivity contribution in [2.45, 2.75) is 32.7 Å². The van der Waals surface area contributed by atoms with Crippen LogP contribution in [-0.4, -0.2) is 28.3 Å². The van der Waals surface area contributed by atoms with Gasteiger partial charge in [0.2, 0.25) is 5.91 Å². The summed E-state index contributed by atoms with van der Waals surface area (Å²) < 4.78 is 1.76. The van der Waals surface area contributed by atoms with Crippen LogP contribution < -0.4 is 10.6 Å². The number of hydrogen-bond acceptors (Lipinski definition) is 3. The fraction of sp³-hybridized carbons (Fsp3) is 0.667. The van der Waals surface area contributed by atoms with Crippen molar-refractivity contribution in [2.75, 3.05) is 11.9 Å². The van der Waals surface area contributed by atoms with E-state index in [-0.39, 0.29) is 11.9 Å². The Morgan fingerprint density at radius 2 is 2.41 bits per heavy atom. The quantitative estimate of drug-likeness (QED) is 0.807. The van der Waals surface area contributed by atoms with Gasteiger partial charge in [-0.1, -0.05) is 6.92 Å². The van der Waals surface area contributed by atoms with E-state index in [1.54, 1.807) is 4.68 Å². The molecule has 17 heavy (non-hydrogen) atoms. The van der Waals surface area contributed by atoms with Crippen molar-refractivity contribution in [3.63, 3.8) is 0 Å². The zero-order valence-electron chi connectivity index (χ0n) is 10.7. The molecule has 1 fully saturated rings. The number of hydrogen-bond donors (Lipinski definition) is 2. The van der Waals surface area contributed by atoms with Gasteiger partial charge in [0.15, 0.2) is 5.82 Å². The Kier molecular flexibility index (Phi) is 3.47. The molecule has 0 aromatic carbocycles. The predicted octanol–water partition coefficient (Wildman–Crippen LogP) is 1.06. The van der Waals surface area contributed by atoms with Crippen molar-refractivity contribution in [2.24, 2.45) is 13.0 Å². The van der Waals surface area contributed by atoms with Gasteiger partial charge in [0.1, 0.15) is 0 Å². The second-order valence-corrected chi connectivity index (χ2v) is 4.92. The Labute approximate surface area is 102 Å². The van der Waals surface area contributed by atoms with Gasteiger partial charge in [-0.3, -0.25) is 9.48 Å². The Bertz CT molecular complexity index is 393. The number of amides is 1. The molecule has 1 aliphatic heterocycles. The summed E-state index contributed by atoms with van der Waals surface area (Å²) in [5, 5.41) is 10.3. The van der Waals surface area contributed by atoms with Crippen LogP contribution in [0, 0.1) is 12.8 Å². The summed E-state index contributed by atoms with van der Waals surface area (Å²) >= 11 is 0. The monoisotopic (exact) mass is 236 g/mol. The predicted molar refractivity (Wildman–Crippen MR) is 66.8 cm³/mol. The zero-order chi connectivity index (χ0) is 12.4. The molecule has 1 saturated heterocycles. The van der Waals surface area contributed by atoms with Crippen LogP contribution in [0.3, 0.4) is 0 Å². The second-order valence-electron chi connectivity index (χ2n) is 4.92. The van der Waals surface area contributed by atoms with Crippen LogP contribution in [0.2, 0.25) is 0 Å². The first kappa shape index (κ1) is 12.1. The Morgan fingerprint density at radius 1 is 1.65 bits per heavy atom. The van der Waals surface area contributed by atoms with Crippen LogP contribution in [0.25, 0.3) is 0 Å². The lowest BCUT2D eigenvalue weighted by Gasteiger charge is -2.26. The van der Waals surface area contributed by atoms with Crippen LogP contribution in [0.1, 0.15) is 25.5 Å². The van der Waals surface area contributed by atoms with Crippen molar-refractivity contribution in [3.05, 3.63) is 11.8 Å². The molecule has 1 aromatic heterocycles. The summed E-state index contributed by atoms with van der Waals surface area (Å²) in [6.07, 6.45) is 2.05. The molecule has 1 aromatic rings. The lowest BCUT2D eigenvalue weighted by Crippen LogP contribution is -2.45. The summed E-state index contributed by atoms with van der Waals surface area (Å²) in [6.45, 7) is 5.07. The first-order valence-corrected chi connectivity index (χ1v) is 6.11.